The van der Waals surface area contributed by atoms with Crippen molar-refractivity contribution in [3.05, 3.63) is 0 Å². The summed E-state index contributed by atoms with van der Waals surface area (Å²) in [6.07, 6.45) is 4.17. The van der Waals surface area contributed by atoms with Crippen LogP contribution in [0.15, 0.2) is 0 Å². The van der Waals surface area contributed by atoms with Crippen LogP contribution in [0.3, 0.4) is 0 Å². The highest BCUT2D eigenvalue weighted by atomic mass is 15.3. The van der Waals surface area contributed by atoms with Crippen molar-refractivity contribution in [1.29, 1.82) is 0 Å². The summed E-state index contributed by atoms with van der Waals surface area (Å²) in [5.41, 5.74) is 0. The van der Waals surface area contributed by atoms with Gasteiger partial charge in [0.2, 0.25) is 0 Å². The normalized spacial score (nSPS) is 44.8. The second-order valence-electron chi connectivity index (χ2n) is 5.19. The molecular weight excluding hydrogens is 172 g/mol. The Hall–Kier alpha value is -0.0800. The van der Waals surface area contributed by atoms with Crippen LogP contribution in [0.1, 0.15) is 40.0 Å². The van der Waals surface area contributed by atoms with Gasteiger partial charge in [-0.05, 0) is 32.1 Å². The molecule has 1 aliphatic heterocycles. The summed E-state index contributed by atoms with van der Waals surface area (Å²) in [5, 5.41) is 3.59. The van der Waals surface area contributed by atoms with Crippen molar-refractivity contribution >= 4 is 0 Å². The van der Waals surface area contributed by atoms with Gasteiger partial charge in [0.25, 0.3) is 0 Å². The molecule has 0 amide bonds. The number of nitrogens with one attached hydrogen (secondary N) is 1. The average Bonchev–Trinajstić information content (AvgIpc) is 2.16. The van der Waals surface area contributed by atoms with E-state index in [-0.39, 0.29) is 0 Å². The zero-order valence-corrected chi connectivity index (χ0v) is 9.79. The molecular formula is C12H24N2. The Labute approximate surface area is 88.1 Å². The van der Waals surface area contributed by atoms with Gasteiger partial charge in [0.1, 0.15) is 0 Å². The first kappa shape index (κ1) is 10.4. The highest BCUT2D eigenvalue weighted by Gasteiger charge is 2.37. The van der Waals surface area contributed by atoms with E-state index in [1.807, 2.05) is 0 Å². The van der Waals surface area contributed by atoms with E-state index in [0.29, 0.717) is 6.04 Å². The average molecular weight is 196 g/mol. The lowest BCUT2D eigenvalue weighted by Crippen LogP contribution is -2.61. The maximum atomic E-state index is 3.59. The molecule has 0 radical (unpaired) electrons. The molecule has 0 spiro atoms. The van der Waals surface area contributed by atoms with Gasteiger partial charge in [-0.1, -0.05) is 13.8 Å². The van der Waals surface area contributed by atoms with Crippen LogP contribution in [0.4, 0.5) is 0 Å². The lowest BCUT2D eigenvalue weighted by Gasteiger charge is -2.50. The Balaban J connectivity index is 1.97. The Morgan fingerprint density at radius 3 is 2.57 bits per heavy atom. The van der Waals surface area contributed by atoms with E-state index >= 15 is 0 Å². The first-order chi connectivity index (χ1) is 6.72. The van der Waals surface area contributed by atoms with E-state index < -0.39 is 0 Å². The number of nitrogens with zero attached hydrogens (tertiary/aromatic N) is 1. The number of piperazine rings is 1. The van der Waals surface area contributed by atoms with Crippen LogP contribution < -0.4 is 5.32 Å². The zero-order chi connectivity index (χ0) is 10.1. The van der Waals surface area contributed by atoms with Crippen LogP contribution in [-0.4, -0.2) is 36.1 Å². The van der Waals surface area contributed by atoms with Gasteiger partial charge in [0.05, 0.1) is 0 Å². The molecule has 1 N–H and O–H groups in total. The molecule has 82 valence electrons. The van der Waals surface area contributed by atoms with Gasteiger partial charge < -0.3 is 5.32 Å². The van der Waals surface area contributed by atoms with Crippen LogP contribution in [0.5, 0.6) is 0 Å². The van der Waals surface area contributed by atoms with Crippen LogP contribution >= 0.6 is 0 Å². The maximum absolute atomic E-state index is 3.59. The largest absolute Gasteiger partial charge is 0.311 e. The van der Waals surface area contributed by atoms with Gasteiger partial charge in [0.15, 0.2) is 0 Å². The molecule has 2 rings (SSSR count). The second-order valence-corrected chi connectivity index (χ2v) is 5.19. The molecule has 0 aromatic rings. The third-order valence-corrected chi connectivity index (χ3v) is 4.13. The lowest BCUT2D eigenvalue weighted by atomic mass is 9.78. The van der Waals surface area contributed by atoms with Crippen LogP contribution in [0.2, 0.25) is 0 Å². The van der Waals surface area contributed by atoms with Crippen LogP contribution in [-0.2, 0) is 0 Å². The Kier molecular flexibility index (Phi) is 3.13. The molecule has 2 fully saturated rings. The van der Waals surface area contributed by atoms with E-state index in [0.717, 1.165) is 18.0 Å². The summed E-state index contributed by atoms with van der Waals surface area (Å²) in [5.74, 6) is 0.939. The highest BCUT2D eigenvalue weighted by Crippen LogP contribution is 2.34. The van der Waals surface area contributed by atoms with Crippen molar-refractivity contribution in [2.24, 2.45) is 5.92 Å². The Bertz CT molecular complexity index is 189. The predicted molar refractivity (Wildman–Crippen MR) is 60.4 cm³/mol. The molecule has 0 aromatic carbocycles. The summed E-state index contributed by atoms with van der Waals surface area (Å²) in [7, 11) is 0. The monoisotopic (exact) mass is 196 g/mol. The molecule has 4 unspecified atom stereocenters. The van der Waals surface area contributed by atoms with Gasteiger partial charge >= 0.3 is 0 Å². The van der Waals surface area contributed by atoms with Crippen molar-refractivity contribution in [2.75, 3.05) is 13.1 Å². The molecule has 2 nitrogen and oxygen atoms in total. The number of hydrogen-bond acceptors (Lipinski definition) is 2. The number of hydrogen-bond donors (Lipinski definition) is 1. The van der Waals surface area contributed by atoms with E-state index in [1.165, 1.54) is 32.4 Å². The standard InChI is InChI=1S/C12H24N2/c1-4-11-7-13-10(3)8-14(11)12-6-5-9(12)2/h9-13H,4-8H2,1-3H3. The molecule has 4 atom stereocenters. The van der Waals surface area contributed by atoms with Gasteiger partial charge in [0, 0.05) is 31.2 Å². The van der Waals surface area contributed by atoms with Crippen molar-refractivity contribution in [3.63, 3.8) is 0 Å². The summed E-state index contributed by atoms with van der Waals surface area (Å²) in [6.45, 7) is 9.49. The third kappa shape index (κ3) is 1.82. The van der Waals surface area contributed by atoms with E-state index in [1.54, 1.807) is 0 Å². The van der Waals surface area contributed by atoms with Gasteiger partial charge in [-0.2, -0.15) is 0 Å². The van der Waals surface area contributed by atoms with Crippen molar-refractivity contribution < 1.29 is 0 Å². The molecule has 1 aliphatic carbocycles. The Morgan fingerprint density at radius 1 is 1.29 bits per heavy atom. The minimum absolute atomic E-state index is 0.686. The third-order valence-electron chi connectivity index (χ3n) is 4.13. The molecule has 2 aliphatic rings. The molecule has 1 saturated heterocycles. The van der Waals surface area contributed by atoms with Crippen LogP contribution in [0, 0.1) is 5.92 Å². The fourth-order valence-corrected chi connectivity index (χ4v) is 2.91. The van der Waals surface area contributed by atoms with Crippen LogP contribution in [0.25, 0.3) is 0 Å². The van der Waals surface area contributed by atoms with E-state index in [4.69, 9.17) is 0 Å². The van der Waals surface area contributed by atoms with Gasteiger partial charge in [-0.3, -0.25) is 4.90 Å². The second kappa shape index (κ2) is 4.19. The molecule has 1 saturated carbocycles. The van der Waals surface area contributed by atoms with E-state index in [2.05, 4.69) is 31.0 Å². The molecule has 0 bridgehead atoms. The minimum atomic E-state index is 0.686. The first-order valence-corrected chi connectivity index (χ1v) is 6.21. The quantitative estimate of drug-likeness (QED) is 0.725. The summed E-state index contributed by atoms with van der Waals surface area (Å²) in [4.78, 5) is 2.77. The number of rotatable bonds is 2. The predicted octanol–water partition coefficient (Wildman–Crippen LogP) is 1.86. The molecule has 2 heteroatoms. The fourth-order valence-electron chi connectivity index (χ4n) is 2.91. The first-order valence-electron chi connectivity index (χ1n) is 6.21. The SMILES string of the molecule is CCC1CNC(C)CN1C1CCC1C. The molecule has 0 aromatic heterocycles. The molecule has 1 heterocycles. The van der Waals surface area contributed by atoms with Crippen molar-refractivity contribution in [1.82, 2.24) is 10.2 Å². The molecule has 14 heavy (non-hydrogen) atoms. The van der Waals surface area contributed by atoms with Gasteiger partial charge in [-0.15, -0.1) is 0 Å². The summed E-state index contributed by atoms with van der Waals surface area (Å²) < 4.78 is 0. The van der Waals surface area contributed by atoms with Crippen molar-refractivity contribution in [2.45, 2.75) is 58.2 Å². The van der Waals surface area contributed by atoms with Crippen molar-refractivity contribution in [3.8, 4) is 0 Å². The maximum Gasteiger partial charge on any atom is 0.0221 e. The summed E-state index contributed by atoms with van der Waals surface area (Å²) in [6, 6.07) is 2.37. The fraction of sp³-hybridized carbons (Fsp3) is 1.00. The minimum Gasteiger partial charge on any atom is -0.311 e. The smallest absolute Gasteiger partial charge is 0.0221 e. The lowest BCUT2D eigenvalue weighted by molar-refractivity contribution is 0.00818. The topological polar surface area (TPSA) is 15.3 Å². The summed E-state index contributed by atoms with van der Waals surface area (Å²) >= 11 is 0. The Morgan fingerprint density at radius 2 is 2.07 bits per heavy atom. The van der Waals surface area contributed by atoms with E-state index in [9.17, 15) is 0 Å². The highest BCUT2D eigenvalue weighted by molar-refractivity contribution is 4.94. The zero-order valence-electron chi connectivity index (χ0n) is 9.79. The van der Waals surface area contributed by atoms with Gasteiger partial charge in [-0.25, -0.2) is 0 Å².